The first-order valence-electron chi connectivity index (χ1n) is 9.60. The molecule has 0 aromatic heterocycles. The van der Waals surface area contributed by atoms with Crippen molar-refractivity contribution in [3.05, 3.63) is 65.2 Å². The topological polar surface area (TPSA) is 114 Å². The van der Waals surface area contributed by atoms with Gasteiger partial charge in [-0.05, 0) is 50.8 Å². The van der Waals surface area contributed by atoms with E-state index in [2.05, 4.69) is 10.3 Å². The highest BCUT2D eigenvalue weighted by Crippen LogP contribution is 2.32. The van der Waals surface area contributed by atoms with E-state index >= 15 is 0 Å². The first-order chi connectivity index (χ1) is 14.3. The van der Waals surface area contributed by atoms with Gasteiger partial charge < -0.3 is 4.74 Å². The Hall–Kier alpha value is -3.07. The van der Waals surface area contributed by atoms with Gasteiger partial charge >= 0.3 is 5.97 Å². The van der Waals surface area contributed by atoms with Gasteiger partial charge in [-0.25, -0.2) is 4.79 Å². The Kier molecular flexibility index (Phi) is 6.31. The Morgan fingerprint density at radius 3 is 2.57 bits per heavy atom. The van der Waals surface area contributed by atoms with Gasteiger partial charge in [-0.3, -0.25) is 4.79 Å². The largest absolute Gasteiger partial charge is 0.464 e. The number of sulfonamides is 1. The van der Waals surface area contributed by atoms with Crippen LogP contribution < -0.4 is 4.83 Å². The highest BCUT2D eigenvalue weighted by molar-refractivity contribution is 7.89. The normalized spacial score (nSPS) is 19.2. The number of nitrogens with zero attached hydrogens (tertiary/aromatic N) is 2. The molecule has 0 fully saturated rings. The lowest BCUT2D eigenvalue weighted by atomic mass is 9.87. The molecule has 0 aliphatic heterocycles. The number of esters is 1. The number of Topliss-reactive ketones (excluding diaryl/α,β-unsaturated/α-hetero) is 1. The van der Waals surface area contributed by atoms with E-state index < -0.39 is 27.3 Å². The molecule has 1 N–H and O–H groups in total. The van der Waals surface area contributed by atoms with E-state index in [1.807, 2.05) is 23.9 Å². The number of nitrogens with one attached hydrogen (secondary N) is 1. The van der Waals surface area contributed by atoms with Crippen LogP contribution in [0.4, 0.5) is 0 Å². The second kappa shape index (κ2) is 8.74. The third kappa shape index (κ3) is 4.25. The maximum Gasteiger partial charge on any atom is 0.344 e. The summed E-state index contributed by atoms with van der Waals surface area (Å²) < 4.78 is 30.0. The smallest absolute Gasteiger partial charge is 0.344 e. The molecule has 1 aliphatic rings. The predicted octanol–water partition coefficient (Wildman–Crippen LogP) is 3.16. The number of hydrogen-bond donors (Lipinski definition) is 1. The monoisotopic (exact) mass is 429 g/mol. The number of carbonyl (C=O) groups is 2. The molecule has 0 spiro atoms. The Labute approximate surface area is 175 Å². The average Bonchev–Trinajstić information content (AvgIpc) is 2.86. The summed E-state index contributed by atoms with van der Waals surface area (Å²) in [4.78, 5) is 28.1. The fourth-order valence-electron chi connectivity index (χ4n) is 3.34. The van der Waals surface area contributed by atoms with Gasteiger partial charge in [0.2, 0.25) is 11.3 Å². The van der Waals surface area contributed by atoms with Crippen molar-refractivity contribution in [1.82, 2.24) is 4.83 Å². The first-order valence-corrected chi connectivity index (χ1v) is 11.1. The molecule has 0 saturated heterocycles. The number of ketones is 1. The summed E-state index contributed by atoms with van der Waals surface area (Å²) >= 11 is 0. The third-order valence-corrected chi connectivity index (χ3v) is 6.16. The molecule has 0 heterocycles. The number of fused-ring (bicyclic) bond motifs is 1. The van der Waals surface area contributed by atoms with Crippen molar-refractivity contribution in [1.29, 1.82) is 0 Å². The summed E-state index contributed by atoms with van der Waals surface area (Å²) in [6.07, 6.45) is 1.15. The van der Waals surface area contributed by atoms with Crippen LogP contribution in [-0.2, 0) is 26.0 Å². The van der Waals surface area contributed by atoms with Crippen LogP contribution in [0.5, 0.6) is 0 Å². The van der Waals surface area contributed by atoms with Crippen LogP contribution in [0, 0.1) is 6.92 Å². The minimum absolute atomic E-state index is 0.00484. The van der Waals surface area contributed by atoms with Gasteiger partial charge in [-0.1, -0.05) is 47.2 Å². The molecule has 0 radical (unpaired) electrons. The van der Waals surface area contributed by atoms with Gasteiger partial charge in [-0.15, -0.1) is 5.11 Å². The molecule has 30 heavy (non-hydrogen) atoms. The summed E-state index contributed by atoms with van der Waals surface area (Å²) in [6, 6.07) is 13.1. The number of hydrogen-bond acceptors (Lipinski definition) is 7. The molecule has 2 aromatic rings. The molecule has 0 saturated carbocycles. The molecule has 9 heteroatoms. The lowest BCUT2D eigenvalue weighted by Gasteiger charge is -2.23. The van der Waals surface area contributed by atoms with E-state index in [0.717, 1.165) is 11.1 Å². The Morgan fingerprint density at radius 1 is 1.17 bits per heavy atom. The van der Waals surface area contributed by atoms with Gasteiger partial charge in [0, 0.05) is 5.56 Å². The lowest BCUT2D eigenvalue weighted by Crippen LogP contribution is -2.46. The molecule has 8 nitrogen and oxygen atoms in total. The number of aryl methyl sites for hydroxylation is 2. The Balaban J connectivity index is 1.95. The fourth-order valence-corrected chi connectivity index (χ4v) is 4.09. The van der Waals surface area contributed by atoms with Gasteiger partial charge in [0.15, 0.2) is 0 Å². The number of ether oxygens (including phenoxy) is 1. The molecule has 3 rings (SSSR count). The van der Waals surface area contributed by atoms with E-state index in [4.69, 9.17) is 4.74 Å². The zero-order valence-electron chi connectivity index (χ0n) is 16.8. The SMILES string of the molecule is CCOC(=O)C1(N=NNS(=O)(=O)c2ccc(C)cc2)CCCc2ccccc2C1=O. The maximum atomic E-state index is 13.3. The Morgan fingerprint density at radius 2 is 1.87 bits per heavy atom. The Bertz CT molecular complexity index is 1080. The van der Waals surface area contributed by atoms with Crippen LogP contribution in [0.1, 0.15) is 41.3 Å². The highest BCUT2D eigenvalue weighted by atomic mass is 32.2. The standard InChI is InChI=1S/C21H23N3O5S/c1-3-29-20(26)21(14-6-8-16-7-4-5-9-18(16)19(21)25)22-23-24-30(27,28)17-12-10-15(2)11-13-17/h4-5,7,9-13H,3,6,8,14H2,1-2H3,(H,22,24). The van der Waals surface area contributed by atoms with E-state index in [-0.39, 0.29) is 17.9 Å². The van der Waals surface area contributed by atoms with E-state index in [1.54, 1.807) is 31.2 Å². The minimum atomic E-state index is -4.00. The van der Waals surface area contributed by atoms with E-state index in [1.165, 1.54) is 12.1 Å². The van der Waals surface area contributed by atoms with Crippen molar-refractivity contribution < 1.29 is 22.7 Å². The molecular formula is C21H23N3O5S. The van der Waals surface area contributed by atoms with Crippen LogP contribution in [0.25, 0.3) is 0 Å². The summed E-state index contributed by atoms with van der Waals surface area (Å²) in [7, 11) is -4.00. The quantitative estimate of drug-likeness (QED) is 0.249. The molecule has 0 amide bonds. The van der Waals surface area contributed by atoms with Gasteiger partial charge in [-0.2, -0.15) is 13.2 Å². The van der Waals surface area contributed by atoms with Crippen molar-refractivity contribution in [2.45, 2.75) is 43.5 Å². The zero-order chi connectivity index (χ0) is 21.8. The second-order valence-electron chi connectivity index (χ2n) is 7.03. The lowest BCUT2D eigenvalue weighted by molar-refractivity contribution is -0.148. The van der Waals surface area contributed by atoms with Crippen LogP contribution in [-0.4, -0.2) is 32.3 Å². The van der Waals surface area contributed by atoms with Crippen LogP contribution in [0.3, 0.4) is 0 Å². The average molecular weight is 429 g/mol. The molecule has 1 aliphatic carbocycles. The predicted molar refractivity (Wildman–Crippen MR) is 109 cm³/mol. The van der Waals surface area contributed by atoms with Gasteiger partial charge in [0.25, 0.3) is 10.0 Å². The van der Waals surface area contributed by atoms with Gasteiger partial charge in [0.05, 0.1) is 11.5 Å². The van der Waals surface area contributed by atoms with Crippen LogP contribution in [0.15, 0.2) is 63.8 Å². The molecule has 2 aromatic carbocycles. The molecule has 1 unspecified atom stereocenters. The summed E-state index contributed by atoms with van der Waals surface area (Å²) in [5, 5.41) is 7.48. The van der Waals surface area contributed by atoms with E-state index in [9.17, 15) is 18.0 Å². The van der Waals surface area contributed by atoms with Crippen molar-refractivity contribution in [2.24, 2.45) is 10.3 Å². The van der Waals surface area contributed by atoms with Crippen molar-refractivity contribution in [2.75, 3.05) is 6.61 Å². The second-order valence-corrected chi connectivity index (χ2v) is 8.69. The maximum absolute atomic E-state index is 13.3. The fraction of sp³-hybridized carbons (Fsp3) is 0.333. The van der Waals surface area contributed by atoms with Crippen LogP contribution in [0.2, 0.25) is 0 Å². The number of benzene rings is 2. The first kappa shape index (κ1) is 21.6. The summed E-state index contributed by atoms with van der Waals surface area (Å²) in [5.74, 6) is -1.39. The molecule has 1 atom stereocenters. The minimum Gasteiger partial charge on any atom is -0.464 e. The van der Waals surface area contributed by atoms with Gasteiger partial charge in [0.1, 0.15) is 0 Å². The number of rotatable bonds is 6. The number of carbonyl (C=O) groups excluding carboxylic acids is 2. The summed E-state index contributed by atoms with van der Waals surface area (Å²) in [6.45, 7) is 3.51. The van der Waals surface area contributed by atoms with Crippen LogP contribution >= 0.6 is 0 Å². The molecular weight excluding hydrogens is 406 g/mol. The highest BCUT2D eigenvalue weighted by Gasteiger charge is 2.50. The van der Waals surface area contributed by atoms with E-state index in [0.29, 0.717) is 18.4 Å². The molecule has 0 bridgehead atoms. The molecule has 158 valence electrons. The third-order valence-electron chi connectivity index (χ3n) is 4.95. The van der Waals surface area contributed by atoms with Crippen molar-refractivity contribution in [3.63, 3.8) is 0 Å². The zero-order valence-corrected chi connectivity index (χ0v) is 17.6. The van der Waals surface area contributed by atoms with Crippen molar-refractivity contribution >= 4 is 21.8 Å². The summed E-state index contributed by atoms with van der Waals surface area (Å²) in [5.41, 5.74) is 0.144. The van der Waals surface area contributed by atoms with Crippen molar-refractivity contribution in [3.8, 4) is 0 Å².